The second-order valence-corrected chi connectivity index (χ2v) is 10.6. The number of benzene rings is 2. The summed E-state index contributed by atoms with van der Waals surface area (Å²) in [5.74, 6) is -0.833. The molecule has 0 bridgehead atoms. The molecule has 3 saturated heterocycles. The van der Waals surface area contributed by atoms with E-state index < -0.39 is 42.8 Å². The topological polar surface area (TPSA) is 87.6 Å². The zero-order valence-corrected chi connectivity index (χ0v) is 22.0. The summed E-state index contributed by atoms with van der Waals surface area (Å²) in [6, 6.07) is 17.2. The zero-order chi connectivity index (χ0) is 28.5. The molecule has 0 aliphatic carbocycles. The molecule has 3 fully saturated rings. The second-order valence-electron chi connectivity index (χ2n) is 10.6. The van der Waals surface area contributed by atoms with Crippen LogP contribution in [-0.4, -0.2) is 106 Å². The summed E-state index contributed by atoms with van der Waals surface area (Å²) in [6.45, 7) is 0.491. The van der Waals surface area contributed by atoms with Crippen molar-refractivity contribution < 1.29 is 32.7 Å². The highest BCUT2D eigenvalue weighted by atomic mass is 19.4. The van der Waals surface area contributed by atoms with Crippen LogP contribution in [0.25, 0.3) is 0 Å². The number of anilines is 1. The second kappa shape index (κ2) is 11.0. The van der Waals surface area contributed by atoms with E-state index >= 15 is 0 Å². The van der Waals surface area contributed by atoms with E-state index in [9.17, 15) is 32.7 Å². The smallest absolute Gasteiger partial charge is 0.410 e. The van der Waals surface area contributed by atoms with Crippen LogP contribution in [0.4, 0.5) is 23.7 Å². The van der Waals surface area contributed by atoms with Gasteiger partial charge in [-0.3, -0.25) is 19.4 Å². The van der Waals surface area contributed by atoms with Gasteiger partial charge in [-0.05, 0) is 30.5 Å². The number of hydrogen-bond donors (Lipinski definition) is 1. The first kappa shape index (κ1) is 27.8. The van der Waals surface area contributed by atoms with Gasteiger partial charge in [-0.15, -0.1) is 0 Å². The summed E-state index contributed by atoms with van der Waals surface area (Å²) >= 11 is 0. The summed E-state index contributed by atoms with van der Waals surface area (Å²) in [4.78, 5) is 45.5. The fourth-order valence-corrected chi connectivity index (χ4v) is 6.03. The van der Waals surface area contributed by atoms with Crippen LogP contribution in [0.5, 0.6) is 0 Å². The molecule has 5 rings (SSSR count). The molecule has 0 radical (unpaired) electrons. The molecule has 0 aromatic heterocycles. The van der Waals surface area contributed by atoms with Gasteiger partial charge in [-0.1, -0.05) is 48.5 Å². The third kappa shape index (κ3) is 5.45. The predicted molar refractivity (Wildman–Crippen MR) is 140 cm³/mol. The number of carboxylic acid groups (broad SMARTS) is 1. The molecule has 3 aliphatic heterocycles. The normalized spacial score (nSPS) is 21.8. The standard InChI is InChI=1S/C28H32F3N5O4/c29-28(30,31)23-18-33(15-16-35(23)26(39)40)24(37)19-34-20-36(22-9-5-2-6-10-22)27(25(34)38)11-13-32(14-12-27)17-21-7-3-1-4-8-21/h1-10,23H,11-20H2,(H,39,40). The van der Waals surface area contributed by atoms with E-state index in [0.29, 0.717) is 30.8 Å². The molecule has 1 atom stereocenters. The third-order valence-corrected chi connectivity index (χ3v) is 8.20. The average molecular weight is 560 g/mol. The molecule has 40 heavy (non-hydrogen) atoms. The minimum Gasteiger partial charge on any atom is -0.465 e. The third-order valence-electron chi connectivity index (χ3n) is 8.20. The minimum absolute atomic E-state index is 0.144. The van der Waals surface area contributed by atoms with Gasteiger partial charge in [0.1, 0.15) is 18.1 Å². The molecule has 3 aliphatic rings. The van der Waals surface area contributed by atoms with Crippen LogP contribution >= 0.6 is 0 Å². The Morgan fingerprint density at radius 2 is 1.55 bits per heavy atom. The molecule has 1 spiro atoms. The van der Waals surface area contributed by atoms with E-state index in [1.807, 2.05) is 53.4 Å². The van der Waals surface area contributed by atoms with Crippen molar-refractivity contribution in [2.75, 3.05) is 50.8 Å². The van der Waals surface area contributed by atoms with Gasteiger partial charge >= 0.3 is 12.3 Å². The summed E-state index contributed by atoms with van der Waals surface area (Å²) in [5.41, 5.74) is 1.17. The summed E-state index contributed by atoms with van der Waals surface area (Å²) < 4.78 is 40.8. The summed E-state index contributed by atoms with van der Waals surface area (Å²) in [7, 11) is 0. The molecule has 9 nitrogen and oxygen atoms in total. The molecular weight excluding hydrogens is 527 g/mol. The van der Waals surface area contributed by atoms with E-state index in [2.05, 4.69) is 17.0 Å². The van der Waals surface area contributed by atoms with Gasteiger partial charge < -0.3 is 19.8 Å². The molecule has 2 aromatic carbocycles. The molecule has 0 saturated carbocycles. The van der Waals surface area contributed by atoms with Gasteiger partial charge in [0.2, 0.25) is 11.8 Å². The van der Waals surface area contributed by atoms with Gasteiger partial charge in [0.25, 0.3) is 0 Å². The number of carbonyl (C=O) groups excluding carboxylic acids is 2. The lowest BCUT2D eigenvalue weighted by Gasteiger charge is -2.43. The first-order chi connectivity index (χ1) is 19.1. The first-order valence-corrected chi connectivity index (χ1v) is 13.3. The maximum Gasteiger partial charge on any atom is 0.410 e. The lowest BCUT2D eigenvalue weighted by molar-refractivity contribution is -0.192. The van der Waals surface area contributed by atoms with Crippen LogP contribution < -0.4 is 4.90 Å². The number of alkyl halides is 3. The van der Waals surface area contributed by atoms with Crippen LogP contribution in [0.3, 0.4) is 0 Å². The lowest BCUT2D eigenvalue weighted by Crippen LogP contribution is -2.62. The van der Waals surface area contributed by atoms with Gasteiger partial charge in [-0.25, -0.2) is 4.79 Å². The number of rotatable bonds is 5. The van der Waals surface area contributed by atoms with Crippen molar-refractivity contribution in [3.05, 3.63) is 66.2 Å². The Bertz CT molecular complexity index is 1220. The van der Waals surface area contributed by atoms with Crippen molar-refractivity contribution >= 4 is 23.6 Å². The van der Waals surface area contributed by atoms with Gasteiger partial charge in [0.05, 0.1) is 13.2 Å². The SMILES string of the molecule is O=C(CN1CN(c2ccccc2)C2(CCN(Cc3ccccc3)CC2)C1=O)N1CCN(C(=O)O)C(C(F)(F)F)C1. The highest BCUT2D eigenvalue weighted by Crippen LogP contribution is 2.40. The summed E-state index contributed by atoms with van der Waals surface area (Å²) in [5, 5.41) is 9.20. The lowest BCUT2D eigenvalue weighted by atomic mass is 9.85. The van der Waals surface area contributed by atoms with Crippen LogP contribution in [-0.2, 0) is 16.1 Å². The van der Waals surface area contributed by atoms with Crippen molar-refractivity contribution in [2.24, 2.45) is 0 Å². The minimum atomic E-state index is -4.82. The van der Waals surface area contributed by atoms with Gasteiger partial charge in [-0.2, -0.15) is 13.2 Å². The number of halogens is 3. The van der Waals surface area contributed by atoms with Crippen molar-refractivity contribution in [1.82, 2.24) is 19.6 Å². The highest BCUT2D eigenvalue weighted by Gasteiger charge is 2.55. The molecule has 1 N–H and O–H groups in total. The maximum absolute atomic E-state index is 13.9. The molecule has 2 aromatic rings. The molecule has 3 amide bonds. The number of piperazine rings is 1. The largest absolute Gasteiger partial charge is 0.465 e. The molecule has 3 heterocycles. The number of likely N-dealkylation sites (tertiary alicyclic amines) is 1. The number of piperidine rings is 1. The molecule has 12 heteroatoms. The maximum atomic E-state index is 13.9. The highest BCUT2D eigenvalue weighted by molar-refractivity contribution is 5.96. The number of para-hydroxylation sites is 1. The van der Waals surface area contributed by atoms with Crippen LogP contribution in [0, 0.1) is 0 Å². The quantitative estimate of drug-likeness (QED) is 0.606. The predicted octanol–water partition coefficient (Wildman–Crippen LogP) is 3.08. The first-order valence-electron chi connectivity index (χ1n) is 13.3. The Labute approximate surface area is 230 Å². The van der Waals surface area contributed by atoms with Crippen LogP contribution in [0.15, 0.2) is 60.7 Å². The molecule has 1 unspecified atom stereocenters. The van der Waals surface area contributed by atoms with Crippen molar-refractivity contribution in [1.29, 1.82) is 0 Å². The number of carbonyl (C=O) groups is 3. The number of hydrogen-bond acceptors (Lipinski definition) is 5. The Balaban J connectivity index is 1.31. The monoisotopic (exact) mass is 559 g/mol. The van der Waals surface area contributed by atoms with E-state index in [-0.39, 0.29) is 25.7 Å². The summed E-state index contributed by atoms with van der Waals surface area (Å²) in [6.07, 6.45) is -5.40. The van der Waals surface area contributed by atoms with E-state index in [1.54, 1.807) is 0 Å². The van der Waals surface area contributed by atoms with Gasteiger partial charge in [0.15, 0.2) is 0 Å². The van der Waals surface area contributed by atoms with Crippen molar-refractivity contribution in [3.63, 3.8) is 0 Å². The van der Waals surface area contributed by atoms with E-state index in [4.69, 9.17) is 0 Å². The molecular formula is C28H32F3N5O4. The van der Waals surface area contributed by atoms with E-state index in [0.717, 1.165) is 17.1 Å². The average Bonchev–Trinajstić information content (AvgIpc) is 3.20. The van der Waals surface area contributed by atoms with Crippen LogP contribution in [0.1, 0.15) is 18.4 Å². The molecule has 214 valence electrons. The zero-order valence-electron chi connectivity index (χ0n) is 22.0. The Hall–Kier alpha value is -3.80. The van der Waals surface area contributed by atoms with Crippen molar-refractivity contribution in [3.8, 4) is 0 Å². The number of amides is 3. The fourth-order valence-electron chi connectivity index (χ4n) is 6.03. The van der Waals surface area contributed by atoms with Crippen molar-refractivity contribution in [2.45, 2.75) is 37.1 Å². The number of nitrogens with zero attached hydrogens (tertiary/aromatic N) is 5. The Morgan fingerprint density at radius 3 is 2.15 bits per heavy atom. The van der Waals surface area contributed by atoms with Gasteiger partial charge in [0, 0.05) is 38.4 Å². The fraction of sp³-hybridized carbons (Fsp3) is 0.464. The Kier molecular flexibility index (Phi) is 7.63. The van der Waals surface area contributed by atoms with Crippen LogP contribution in [0.2, 0.25) is 0 Å². The Morgan fingerprint density at radius 1 is 0.925 bits per heavy atom. The van der Waals surface area contributed by atoms with E-state index in [1.165, 1.54) is 10.5 Å².